The van der Waals surface area contributed by atoms with E-state index in [1.54, 1.807) is 35.9 Å². The quantitative estimate of drug-likeness (QED) is 0.650. The Balaban J connectivity index is 2.06. The van der Waals surface area contributed by atoms with E-state index >= 15 is 0 Å². The fourth-order valence-corrected chi connectivity index (χ4v) is 3.46. The summed E-state index contributed by atoms with van der Waals surface area (Å²) >= 11 is 7.63. The lowest BCUT2D eigenvalue weighted by atomic mass is 10.1. The number of hydrogen-bond donors (Lipinski definition) is 0. The molecular formula is C17H13ClN2O2S. The van der Waals surface area contributed by atoms with Gasteiger partial charge in [-0.3, -0.25) is 4.98 Å². The van der Waals surface area contributed by atoms with Crippen molar-refractivity contribution in [2.75, 3.05) is 7.11 Å². The van der Waals surface area contributed by atoms with Gasteiger partial charge in [0, 0.05) is 18.0 Å². The van der Waals surface area contributed by atoms with Gasteiger partial charge in [-0.1, -0.05) is 17.7 Å². The standard InChI is InChI=1S/C17H13ClN2O2S/c1-10-15(23-16(20-10)12-4-3-7-19-9-12)11-5-6-14(18)13(8-11)17(21)22-2/h3-9H,1-2H3. The first kappa shape index (κ1) is 15.6. The first-order valence-corrected chi connectivity index (χ1v) is 8.05. The minimum atomic E-state index is -0.452. The van der Waals surface area contributed by atoms with Crippen LogP contribution in [0.5, 0.6) is 0 Å². The fraction of sp³-hybridized carbons (Fsp3) is 0.118. The summed E-state index contributed by atoms with van der Waals surface area (Å²) in [6.07, 6.45) is 3.51. The van der Waals surface area contributed by atoms with E-state index in [0.717, 1.165) is 26.7 Å². The molecular weight excluding hydrogens is 332 g/mol. The fourth-order valence-electron chi connectivity index (χ4n) is 2.21. The summed E-state index contributed by atoms with van der Waals surface area (Å²) in [7, 11) is 1.34. The summed E-state index contributed by atoms with van der Waals surface area (Å²) < 4.78 is 4.77. The van der Waals surface area contributed by atoms with Crippen molar-refractivity contribution < 1.29 is 9.53 Å². The summed E-state index contributed by atoms with van der Waals surface area (Å²) in [5.74, 6) is -0.452. The summed E-state index contributed by atoms with van der Waals surface area (Å²) in [5.41, 5.74) is 3.10. The third-order valence-electron chi connectivity index (χ3n) is 3.34. The normalized spacial score (nSPS) is 10.6. The summed E-state index contributed by atoms with van der Waals surface area (Å²) in [6, 6.07) is 9.16. The summed E-state index contributed by atoms with van der Waals surface area (Å²) in [6.45, 7) is 1.94. The van der Waals surface area contributed by atoms with Crippen LogP contribution in [0.2, 0.25) is 5.02 Å². The molecule has 0 spiro atoms. The summed E-state index contributed by atoms with van der Waals surface area (Å²) in [4.78, 5) is 21.5. The van der Waals surface area contributed by atoms with Crippen LogP contribution in [0.15, 0.2) is 42.7 Å². The first-order chi connectivity index (χ1) is 11.1. The molecule has 3 rings (SSSR count). The number of aryl methyl sites for hydroxylation is 1. The van der Waals surface area contributed by atoms with Gasteiger partial charge in [-0.15, -0.1) is 11.3 Å². The number of halogens is 1. The van der Waals surface area contributed by atoms with Crippen LogP contribution in [-0.2, 0) is 4.74 Å². The van der Waals surface area contributed by atoms with Gasteiger partial charge < -0.3 is 4.74 Å². The Hall–Kier alpha value is -2.24. The highest BCUT2D eigenvalue weighted by Crippen LogP contribution is 2.36. The van der Waals surface area contributed by atoms with E-state index in [2.05, 4.69) is 9.97 Å². The Morgan fingerprint density at radius 2 is 2.09 bits per heavy atom. The smallest absolute Gasteiger partial charge is 0.339 e. The number of thiazole rings is 1. The number of nitrogens with zero attached hydrogens (tertiary/aromatic N) is 2. The third kappa shape index (κ3) is 3.11. The Bertz CT molecular complexity index is 862. The lowest BCUT2D eigenvalue weighted by molar-refractivity contribution is 0.0601. The van der Waals surface area contributed by atoms with E-state index in [1.165, 1.54) is 7.11 Å². The molecule has 0 bridgehead atoms. The van der Waals surface area contributed by atoms with Crippen LogP contribution >= 0.6 is 22.9 Å². The van der Waals surface area contributed by atoms with Crippen LogP contribution in [-0.4, -0.2) is 23.0 Å². The van der Waals surface area contributed by atoms with Gasteiger partial charge in [-0.2, -0.15) is 0 Å². The second kappa shape index (κ2) is 6.48. The Morgan fingerprint density at radius 3 is 2.78 bits per heavy atom. The Morgan fingerprint density at radius 1 is 1.26 bits per heavy atom. The zero-order valence-electron chi connectivity index (χ0n) is 12.5. The number of ether oxygens (including phenoxy) is 1. The second-order valence-corrected chi connectivity index (χ2v) is 6.27. The predicted octanol–water partition coefficient (Wildman–Crippen LogP) is 4.62. The van der Waals surface area contributed by atoms with Gasteiger partial charge in [-0.05, 0) is 36.8 Å². The van der Waals surface area contributed by atoms with Crippen LogP contribution in [0.4, 0.5) is 0 Å². The molecule has 0 radical (unpaired) electrons. The number of hydrogen-bond acceptors (Lipinski definition) is 5. The average Bonchev–Trinajstić information content (AvgIpc) is 2.97. The van der Waals surface area contributed by atoms with E-state index in [-0.39, 0.29) is 0 Å². The Kier molecular flexibility index (Phi) is 4.41. The van der Waals surface area contributed by atoms with E-state index in [9.17, 15) is 4.79 Å². The topological polar surface area (TPSA) is 52.1 Å². The van der Waals surface area contributed by atoms with Crippen molar-refractivity contribution in [1.82, 2.24) is 9.97 Å². The zero-order valence-corrected chi connectivity index (χ0v) is 14.1. The number of rotatable bonds is 3. The SMILES string of the molecule is COC(=O)c1cc(-c2sc(-c3cccnc3)nc2C)ccc1Cl. The summed E-state index contributed by atoms with van der Waals surface area (Å²) in [5, 5.41) is 1.26. The molecule has 0 saturated heterocycles. The van der Waals surface area contributed by atoms with E-state index < -0.39 is 5.97 Å². The molecule has 0 aliphatic rings. The highest BCUT2D eigenvalue weighted by atomic mass is 35.5. The maximum atomic E-state index is 11.8. The van der Waals surface area contributed by atoms with Crippen molar-refractivity contribution in [3.63, 3.8) is 0 Å². The molecule has 6 heteroatoms. The molecule has 4 nitrogen and oxygen atoms in total. The Labute approximate surface area is 142 Å². The van der Waals surface area contributed by atoms with Crippen LogP contribution in [0.25, 0.3) is 21.0 Å². The maximum Gasteiger partial charge on any atom is 0.339 e. The van der Waals surface area contributed by atoms with Crippen LogP contribution in [0.3, 0.4) is 0 Å². The van der Waals surface area contributed by atoms with Crippen molar-refractivity contribution in [3.05, 3.63) is 59.0 Å². The van der Waals surface area contributed by atoms with Gasteiger partial charge in [0.05, 0.1) is 28.3 Å². The molecule has 0 aliphatic carbocycles. The van der Waals surface area contributed by atoms with Crippen LogP contribution in [0, 0.1) is 6.92 Å². The predicted molar refractivity (Wildman–Crippen MR) is 91.9 cm³/mol. The number of pyridine rings is 1. The molecule has 0 atom stereocenters. The molecule has 0 aliphatic heterocycles. The number of benzene rings is 1. The highest BCUT2D eigenvalue weighted by Gasteiger charge is 2.16. The van der Waals surface area contributed by atoms with Crippen molar-refractivity contribution in [3.8, 4) is 21.0 Å². The zero-order chi connectivity index (χ0) is 16.4. The first-order valence-electron chi connectivity index (χ1n) is 6.86. The number of aromatic nitrogens is 2. The van der Waals surface area contributed by atoms with Gasteiger partial charge in [0.25, 0.3) is 0 Å². The maximum absolute atomic E-state index is 11.8. The van der Waals surface area contributed by atoms with E-state index in [0.29, 0.717) is 10.6 Å². The van der Waals surface area contributed by atoms with Crippen molar-refractivity contribution in [2.45, 2.75) is 6.92 Å². The third-order valence-corrected chi connectivity index (χ3v) is 4.92. The lowest BCUT2D eigenvalue weighted by Gasteiger charge is -2.05. The van der Waals surface area contributed by atoms with Crippen LogP contribution < -0.4 is 0 Å². The highest BCUT2D eigenvalue weighted by molar-refractivity contribution is 7.18. The molecule has 116 valence electrons. The van der Waals surface area contributed by atoms with Crippen molar-refractivity contribution in [1.29, 1.82) is 0 Å². The van der Waals surface area contributed by atoms with E-state index in [4.69, 9.17) is 16.3 Å². The van der Waals surface area contributed by atoms with Gasteiger partial charge >= 0.3 is 5.97 Å². The minimum Gasteiger partial charge on any atom is -0.465 e. The van der Waals surface area contributed by atoms with Gasteiger partial charge in [0.1, 0.15) is 5.01 Å². The average molecular weight is 345 g/mol. The van der Waals surface area contributed by atoms with Crippen molar-refractivity contribution >= 4 is 28.9 Å². The van der Waals surface area contributed by atoms with Gasteiger partial charge in [0.15, 0.2) is 0 Å². The molecule has 0 N–H and O–H groups in total. The van der Waals surface area contributed by atoms with Crippen molar-refractivity contribution in [2.24, 2.45) is 0 Å². The largest absolute Gasteiger partial charge is 0.465 e. The van der Waals surface area contributed by atoms with Gasteiger partial charge in [-0.25, -0.2) is 9.78 Å². The molecule has 0 saturated carbocycles. The molecule has 3 aromatic rings. The molecule has 0 fully saturated rings. The van der Waals surface area contributed by atoms with Crippen LogP contribution in [0.1, 0.15) is 16.1 Å². The number of esters is 1. The lowest BCUT2D eigenvalue weighted by Crippen LogP contribution is -2.02. The monoisotopic (exact) mass is 344 g/mol. The number of carbonyl (C=O) groups is 1. The van der Waals surface area contributed by atoms with E-state index in [1.807, 2.05) is 25.1 Å². The minimum absolute atomic E-state index is 0.349. The number of carbonyl (C=O) groups excluding carboxylic acids is 1. The molecule has 0 unspecified atom stereocenters. The van der Waals surface area contributed by atoms with Gasteiger partial charge in [0.2, 0.25) is 0 Å². The molecule has 23 heavy (non-hydrogen) atoms. The molecule has 0 amide bonds. The molecule has 2 heterocycles. The molecule has 2 aromatic heterocycles. The number of methoxy groups -OCH3 is 1. The molecule has 1 aromatic carbocycles. The second-order valence-electron chi connectivity index (χ2n) is 4.86.